The molecule has 0 aliphatic carbocycles. The fraction of sp³-hybridized carbons (Fsp3) is 0.238. The third kappa shape index (κ3) is 7.69. The Balaban J connectivity index is 2.08. The fourth-order valence-corrected chi connectivity index (χ4v) is 2.39. The molecule has 31 heavy (non-hydrogen) atoms. The van der Waals surface area contributed by atoms with Crippen LogP contribution in [-0.2, 0) is 38.1 Å². The summed E-state index contributed by atoms with van der Waals surface area (Å²) in [7, 11) is 2.34. The number of fused-ring (bicyclic) bond motifs is 1. The van der Waals surface area contributed by atoms with E-state index < -0.39 is 30.0 Å². The Morgan fingerprint density at radius 2 is 1.55 bits per heavy atom. The lowest BCUT2D eigenvalue weighted by Crippen LogP contribution is -2.36. The normalized spacial score (nSPS) is 13.3. The molecule has 0 N–H and O–H groups in total. The smallest absolute Gasteiger partial charge is 0.331 e. The lowest BCUT2D eigenvalue weighted by atomic mass is 10.2. The first-order valence-electron chi connectivity index (χ1n) is 9.01. The molecule has 0 saturated carbocycles. The van der Waals surface area contributed by atoms with Crippen molar-refractivity contribution in [3.8, 4) is 5.75 Å². The Bertz CT molecular complexity index is 904. The van der Waals surface area contributed by atoms with Crippen molar-refractivity contribution in [2.45, 2.75) is 6.10 Å². The Morgan fingerprint density at radius 1 is 0.935 bits per heavy atom. The molecule has 0 spiro atoms. The van der Waals surface area contributed by atoms with Crippen molar-refractivity contribution < 1.29 is 42.9 Å². The first-order valence-corrected chi connectivity index (χ1v) is 9.01. The maximum absolute atomic E-state index is 12.1. The Labute approximate surface area is 178 Å². The zero-order chi connectivity index (χ0) is 22.6. The highest BCUT2D eigenvalue weighted by Gasteiger charge is 2.22. The second-order valence-electron chi connectivity index (χ2n) is 5.93. The average Bonchev–Trinajstić information content (AvgIpc) is 2.79. The molecule has 0 bridgehead atoms. The van der Waals surface area contributed by atoms with Crippen molar-refractivity contribution in [3.05, 3.63) is 61.0 Å². The second-order valence-corrected chi connectivity index (χ2v) is 5.93. The summed E-state index contributed by atoms with van der Waals surface area (Å²) in [4.78, 5) is 47.9. The molecular formula is C21H21NO9. The van der Waals surface area contributed by atoms with Gasteiger partial charge < -0.3 is 28.6 Å². The van der Waals surface area contributed by atoms with E-state index in [9.17, 15) is 19.2 Å². The van der Waals surface area contributed by atoms with E-state index in [4.69, 9.17) is 14.2 Å². The van der Waals surface area contributed by atoms with Crippen LogP contribution in [0.3, 0.4) is 0 Å². The van der Waals surface area contributed by atoms with Crippen LogP contribution in [0.25, 0.3) is 0 Å². The van der Waals surface area contributed by atoms with Crippen LogP contribution in [-0.4, -0.2) is 57.4 Å². The highest BCUT2D eigenvalue weighted by Crippen LogP contribution is 2.31. The number of ether oxygens (including phenoxy) is 5. The van der Waals surface area contributed by atoms with Gasteiger partial charge in [0.05, 0.1) is 26.5 Å². The fourth-order valence-electron chi connectivity index (χ4n) is 2.39. The summed E-state index contributed by atoms with van der Waals surface area (Å²) in [6, 6.07) is 7.19. The molecule has 0 saturated heterocycles. The van der Waals surface area contributed by atoms with Gasteiger partial charge in [-0.05, 0) is 12.1 Å². The Hall–Kier alpha value is -4.08. The monoisotopic (exact) mass is 431 g/mol. The number of anilines is 1. The molecular weight excluding hydrogens is 410 g/mol. The molecule has 1 aromatic carbocycles. The van der Waals surface area contributed by atoms with Gasteiger partial charge >= 0.3 is 23.9 Å². The van der Waals surface area contributed by atoms with Gasteiger partial charge in [-0.1, -0.05) is 12.1 Å². The summed E-state index contributed by atoms with van der Waals surface area (Å²) in [5.74, 6) is -2.50. The molecule has 0 aromatic heterocycles. The largest absolute Gasteiger partial charge is 0.466 e. The SMILES string of the molecule is COC(=O)/C=C/C(=O)OCC(CN1C=COc2ccccc21)OC(=O)/C=C/C(=O)OC. The summed E-state index contributed by atoms with van der Waals surface area (Å²) in [6.45, 7) is -0.196. The number of benzene rings is 1. The van der Waals surface area contributed by atoms with Crippen molar-refractivity contribution in [3.63, 3.8) is 0 Å². The Morgan fingerprint density at radius 3 is 2.23 bits per heavy atom. The van der Waals surface area contributed by atoms with Crippen molar-refractivity contribution >= 4 is 29.6 Å². The number of carbonyl (C=O) groups excluding carboxylic acids is 4. The zero-order valence-electron chi connectivity index (χ0n) is 16.9. The van der Waals surface area contributed by atoms with Gasteiger partial charge in [-0.25, -0.2) is 19.2 Å². The van der Waals surface area contributed by atoms with Crippen LogP contribution in [0.4, 0.5) is 5.69 Å². The minimum atomic E-state index is -0.916. The third-order valence-electron chi connectivity index (χ3n) is 3.82. The van der Waals surface area contributed by atoms with Crippen molar-refractivity contribution in [2.75, 3.05) is 32.3 Å². The quantitative estimate of drug-likeness (QED) is 0.321. The van der Waals surface area contributed by atoms with E-state index in [0.29, 0.717) is 11.4 Å². The predicted molar refractivity (Wildman–Crippen MR) is 107 cm³/mol. The molecule has 0 radical (unpaired) electrons. The van der Waals surface area contributed by atoms with Gasteiger partial charge in [-0.15, -0.1) is 0 Å². The molecule has 2 rings (SSSR count). The highest BCUT2D eigenvalue weighted by atomic mass is 16.6. The highest BCUT2D eigenvalue weighted by molar-refractivity contribution is 5.92. The average molecular weight is 431 g/mol. The number of methoxy groups -OCH3 is 2. The van der Waals surface area contributed by atoms with E-state index in [1.54, 1.807) is 29.3 Å². The van der Waals surface area contributed by atoms with E-state index in [2.05, 4.69) is 9.47 Å². The van der Waals surface area contributed by atoms with E-state index >= 15 is 0 Å². The topological polar surface area (TPSA) is 118 Å². The van der Waals surface area contributed by atoms with E-state index in [-0.39, 0.29) is 13.2 Å². The van der Waals surface area contributed by atoms with Crippen LogP contribution in [0.15, 0.2) is 61.0 Å². The first-order chi connectivity index (χ1) is 14.9. The van der Waals surface area contributed by atoms with Crippen LogP contribution >= 0.6 is 0 Å². The van der Waals surface area contributed by atoms with Gasteiger partial charge in [-0.2, -0.15) is 0 Å². The Kier molecular flexibility index (Phi) is 8.84. The minimum Gasteiger partial charge on any atom is -0.466 e. The molecule has 164 valence electrons. The first kappa shape index (κ1) is 23.2. The number of rotatable bonds is 9. The number of esters is 4. The summed E-state index contributed by atoms with van der Waals surface area (Å²) < 4.78 is 24.6. The summed E-state index contributed by atoms with van der Waals surface area (Å²) in [5.41, 5.74) is 0.716. The number of hydrogen-bond acceptors (Lipinski definition) is 10. The van der Waals surface area contributed by atoms with Crippen molar-refractivity contribution in [1.29, 1.82) is 0 Å². The number of carbonyl (C=O) groups is 4. The summed E-state index contributed by atoms with van der Waals surface area (Å²) in [6.07, 6.45) is 5.79. The maximum atomic E-state index is 12.1. The standard InChI is InChI=1S/C21H21NO9/c1-27-18(23)7-9-20(25)30-14-15(31-21(26)10-8-19(24)28-2)13-22-11-12-29-17-6-4-3-5-16(17)22/h3-12,15H,13-14H2,1-2H3/b9-7+,10-8+. The number of nitrogens with zero attached hydrogens (tertiary/aromatic N) is 1. The number of hydrogen-bond donors (Lipinski definition) is 0. The molecule has 1 aliphatic heterocycles. The molecule has 0 fully saturated rings. The third-order valence-corrected chi connectivity index (χ3v) is 3.82. The van der Waals surface area contributed by atoms with E-state index in [1.165, 1.54) is 20.5 Å². The van der Waals surface area contributed by atoms with Crippen LogP contribution < -0.4 is 9.64 Å². The number of para-hydroxylation sites is 2. The molecule has 10 nitrogen and oxygen atoms in total. The van der Waals surface area contributed by atoms with E-state index in [0.717, 1.165) is 24.3 Å². The maximum Gasteiger partial charge on any atom is 0.331 e. The van der Waals surface area contributed by atoms with Gasteiger partial charge in [0.15, 0.2) is 6.10 Å². The van der Waals surface area contributed by atoms with E-state index in [1.807, 2.05) is 6.07 Å². The van der Waals surface area contributed by atoms with Gasteiger partial charge in [0, 0.05) is 30.5 Å². The van der Waals surface area contributed by atoms with Gasteiger partial charge in [0.1, 0.15) is 18.6 Å². The summed E-state index contributed by atoms with van der Waals surface area (Å²) in [5, 5.41) is 0. The van der Waals surface area contributed by atoms with Gasteiger partial charge in [0.25, 0.3) is 0 Å². The van der Waals surface area contributed by atoms with Crippen LogP contribution in [0, 0.1) is 0 Å². The molecule has 1 atom stereocenters. The summed E-state index contributed by atoms with van der Waals surface area (Å²) >= 11 is 0. The van der Waals surface area contributed by atoms with Crippen LogP contribution in [0.2, 0.25) is 0 Å². The predicted octanol–water partition coefficient (Wildman–Crippen LogP) is 1.27. The van der Waals surface area contributed by atoms with Gasteiger partial charge in [0.2, 0.25) is 0 Å². The second kappa shape index (κ2) is 11.8. The zero-order valence-corrected chi connectivity index (χ0v) is 16.9. The molecule has 1 unspecified atom stereocenters. The molecule has 10 heteroatoms. The molecule has 1 heterocycles. The van der Waals surface area contributed by atoms with Crippen molar-refractivity contribution in [2.24, 2.45) is 0 Å². The minimum absolute atomic E-state index is 0.114. The van der Waals surface area contributed by atoms with Crippen molar-refractivity contribution in [1.82, 2.24) is 0 Å². The molecule has 1 aromatic rings. The lowest BCUT2D eigenvalue weighted by Gasteiger charge is -2.29. The van der Waals surface area contributed by atoms with Gasteiger partial charge in [-0.3, -0.25) is 0 Å². The lowest BCUT2D eigenvalue weighted by molar-refractivity contribution is -0.152. The van der Waals surface area contributed by atoms with Crippen LogP contribution in [0.5, 0.6) is 5.75 Å². The molecule has 0 amide bonds. The van der Waals surface area contributed by atoms with Crippen LogP contribution in [0.1, 0.15) is 0 Å². The molecule has 1 aliphatic rings.